The van der Waals surface area contributed by atoms with Crippen LogP contribution >= 0.6 is 11.3 Å². The van der Waals surface area contributed by atoms with E-state index in [9.17, 15) is 14.0 Å². The van der Waals surface area contributed by atoms with E-state index < -0.39 is 12.1 Å². The molecule has 0 unspecified atom stereocenters. The Morgan fingerprint density at radius 1 is 1.14 bits per heavy atom. The van der Waals surface area contributed by atoms with Crippen LogP contribution in [0.4, 0.5) is 4.39 Å². The van der Waals surface area contributed by atoms with Crippen molar-refractivity contribution in [3.63, 3.8) is 0 Å². The summed E-state index contributed by atoms with van der Waals surface area (Å²) in [6, 6.07) is 15.2. The standard InChI is InChI=1S/C22H19FN2O3S/c23-16-8-6-15(7-9-16)22-25-18(13-29-22)12-19(26)28-20(14-4-2-1-3-5-14)21(27)24-17-10-11-17/h1-9,13,17,20H,10-12H2,(H,24,27)/t20-/m0/s1. The molecular weight excluding hydrogens is 391 g/mol. The third-order valence-corrected chi connectivity index (χ3v) is 5.42. The molecule has 1 heterocycles. The molecule has 1 aliphatic rings. The van der Waals surface area contributed by atoms with E-state index in [-0.39, 0.29) is 24.2 Å². The summed E-state index contributed by atoms with van der Waals surface area (Å²) >= 11 is 1.37. The molecule has 1 N–H and O–H groups in total. The lowest BCUT2D eigenvalue weighted by molar-refractivity contribution is -0.156. The zero-order valence-electron chi connectivity index (χ0n) is 15.5. The Balaban J connectivity index is 1.44. The number of hydrogen-bond donors (Lipinski definition) is 1. The number of hydrogen-bond acceptors (Lipinski definition) is 5. The predicted molar refractivity (Wildman–Crippen MR) is 108 cm³/mol. The van der Waals surface area contributed by atoms with E-state index in [2.05, 4.69) is 10.3 Å². The van der Waals surface area contributed by atoms with E-state index in [1.54, 1.807) is 41.8 Å². The summed E-state index contributed by atoms with van der Waals surface area (Å²) in [4.78, 5) is 29.5. The number of nitrogens with zero attached hydrogens (tertiary/aromatic N) is 1. The predicted octanol–water partition coefficient (Wildman–Crippen LogP) is 4.05. The van der Waals surface area contributed by atoms with Crippen molar-refractivity contribution >= 4 is 23.2 Å². The van der Waals surface area contributed by atoms with Gasteiger partial charge in [-0.1, -0.05) is 30.3 Å². The number of carbonyl (C=O) groups is 2. The molecule has 1 amide bonds. The molecule has 1 aliphatic carbocycles. The Kier molecular flexibility index (Phi) is 5.67. The molecule has 2 aromatic carbocycles. The fourth-order valence-electron chi connectivity index (χ4n) is 2.84. The smallest absolute Gasteiger partial charge is 0.313 e. The summed E-state index contributed by atoms with van der Waals surface area (Å²) in [6.07, 6.45) is 0.871. The highest BCUT2D eigenvalue weighted by Crippen LogP contribution is 2.26. The Morgan fingerprint density at radius 2 is 1.86 bits per heavy atom. The third-order valence-electron chi connectivity index (χ3n) is 4.48. The average Bonchev–Trinajstić information content (AvgIpc) is 3.42. The summed E-state index contributed by atoms with van der Waals surface area (Å²) in [7, 11) is 0. The van der Waals surface area contributed by atoms with Crippen molar-refractivity contribution in [2.24, 2.45) is 0 Å². The molecule has 5 nitrogen and oxygen atoms in total. The largest absolute Gasteiger partial charge is 0.447 e. The number of aromatic nitrogens is 1. The quantitative estimate of drug-likeness (QED) is 0.597. The first-order chi connectivity index (χ1) is 14.1. The maximum atomic E-state index is 13.1. The molecule has 1 aromatic heterocycles. The molecule has 0 radical (unpaired) electrons. The SMILES string of the molecule is O=C(Cc1csc(-c2ccc(F)cc2)n1)O[C@H](C(=O)NC1CC1)c1ccccc1. The molecule has 0 aliphatic heterocycles. The van der Waals surface area contributed by atoms with Crippen molar-refractivity contribution in [1.29, 1.82) is 0 Å². The molecule has 148 valence electrons. The number of esters is 1. The van der Waals surface area contributed by atoms with Gasteiger partial charge in [0.2, 0.25) is 6.10 Å². The van der Waals surface area contributed by atoms with Gasteiger partial charge in [-0.2, -0.15) is 0 Å². The highest BCUT2D eigenvalue weighted by Gasteiger charge is 2.30. The van der Waals surface area contributed by atoms with E-state index in [1.807, 2.05) is 6.07 Å². The van der Waals surface area contributed by atoms with Crippen molar-refractivity contribution in [3.05, 3.63) is 77.1 Å². The minimum absolute atomic E-state index is 0.0439. The molecule has 1 atom stereocenters. The second-order valence-corrected chi connectivity index (χ2v) is 7.75. The van der Waals surface area contributed by atoms with E-state index in [0.29, 0.717) is 16.3 Å². The second kappa shape index (κ2) is 8.53. The Morgan fingerprint density at radius 3 is 2.55 bits per heavy atom. The molecule has 0 bridgehead atoms. The first-order valence-electron chi connectivity index (χ1n) is 9.33. The lowest BCUT2D eigenvalue weighted by Gasteiger charge is -2.17. The Labute approximate surface area is 171 Å². The van der Waals surface area contributed by atoms with Gasteiger partial charge in [-0.15, -0.1) is 11.3 Å². The van der Waals surface area contributed by atoms with Gasteiger partial charge in [-0.3, -0.25) is 9.59 Å². The molecule has 4 rings (SSSR count). The highest BCUT2D eigenvalue weighted by atomic mass is 32.1. The number of ether oxygens (including phenoxy) is 1. The van der Waals surface area contributed by atoms with Gasteiger partial charge in [0.1, 0.15) is 10.8 Å². The van der Waals surface area contributed by atoms with Gasteiger partial charge in [0.25, 0.3) is 5.91 Å². The second-order valence-electron chi connectivity index (χ2n) is 6.89. The molecule has 3 aromatic rings. The van der Waals surface area contributed by atoms with Gasteiger partial charge in [-0.05, 0) is 37.1 Å². The summed E-state index contributed by atoms with van der Waals surface area (Å²) in [5, 5.41) is 5.35. The molecule has 1 saturated carbocycles. The average molecular weight is 410 g/mol. The number of benzene rings is 2. The van der Waals surface area contributed by atoms with Crippen LogP contribution in [0.25, 0.3) is 10.6 Å². The van der Waals surface area contributed by atoms with Crippen LogP contribution in [0.1, 0.15) is 30.2 Å². The van der Waals surface area contributed by atoms with Crippen LogP contribution in [-0.4, -0.2) is 22.9 Å². The molecule has 7 heteroatoms. The van der Waals surface area contributed by atoms with Gasteiger partial charge in [-0.25, -0.2) is 9.37 Å². The number of carbonyl (C=O) groups excluding carboxylic acids is 2. The lowest BCUT2D eigenvalue weighted by atomic mass is 10.1. The molecular formula is C22H19FN2O3S. The summed E-state index contributed by atoms with van der Waals surface area (Å²) in [5.74, 6) is -1.15. The fraction of sp³-hybridized carbons (Fsp3) is 0.227. The zero-order valence-corrected chi connectivity index (χ0v) is 16.3. The number of thiazole rings is 1. The Hall–Kier alpha value is -3.06. The van der Waals surface area contributed by atoms with Gasteiger partial charge in [0, 0.05) is 22.5 Å². The maximum Gasteiger partial charge on any atom is 0.313 e. The van der Waals surface area contributed by atoms with E-state index in [0.717, 1.165) is 18.4 Å². The number of halogens is 1. The minimum atomic E-state index is -0.987. The van der Waals surface area contributed by atoms with Crippen molar-refractivity contribution < 1.29 is 18.7 Å². The summed E-state index contributed by atoms with van der Waals surface area (Å²) in [5.41, 5.74) is 1.96. The molecule has 29 heavy (non-hydrogen) atoms. The van der Waals surface area contributed by atoms with Gasteiger partial charge in [0.15, 0.2) is 0 Å². The Bertz CT molecular complexity index is 1000. The van der Waals surface area contributed by atoms with Crippen LogP contribution in [0.15, 0.2) is 60.0 Å². The van der Waals surface area contributed by atoms with Crippen LogP contribution in [-0.2, 0) is 20.7 Å². The topological polar surface area (TPSA) is 68.3 Å². The third kappa shape index (κ3) is 5.06. The van der Waals surface area contributed by atoms with E-state index >= 15 is 0 Å². The van der Waals surface area contributed by atoms with Crippen LogP contribution < -0.4 is 5.32 Å². The lowest BCUT2D eigenvalue weighted by Crippen LogP contribution is -2.33. The van der Waals surface area contributed by atoms with Crippen LogP contribution in [0, 0.1) is 5.82 Å². The van der Waals surface area contributed by atoms with Crippen LogP contribution in [0.3, 0.4) is 0 Å². The minimum Gasteiger partial charge on any atom is -0.447 e. The molecule has 0 saturated heterocycles. The fourth-order valence-corrected chi connectivity index (χ4v) is 3.67. The number of rotatable bonds is 7. The summed E-state index contributed by atoms with van der Waals surface area (Å²) < 4.78 is 18.6. The maximum absolute atomic E-state index is 13.1. The highest BCUT2D eigenvalue weighted by molar-refractivity contribution is 7.13. The van der Waals surface area contributed by atoms with E-state index in [1.165, 1.54) is 23.5 Å². The van der Waals surface area contributed by atoms with E-state index in [4.69, 9.17) is 4.74 Å². The van der Waals surface area contributed by atoms with Gasteiger partial charge in [0.05, 0.1) is 12.1 Å². The van der Waals surface area contributed by atoms with Gasteiger partial charge < -0.3 is 10.1 Å². The van der Waals surface area contributed by atoms with Gasteiger partial charge >= 0.3 is 5.97 Å². The monoisotopic (exact) mass is 410 g/mol. The summed E-state index contributed by atoms with van der Waals surface area (Å²) in [6.45, 7) is 0. The van der Waals surface area contributed by atoms with Crippen molar-refractivity contribution in [3.8, 4) is 10.6 Å². The normalized spacial score (nSPS) is 14.2. The number of amides is 1. The number of nitrogens with one attached hydrogen (secondary N) is 1. The first-order valence-corrected chi connectivity index (χ1v) is 10.2. The molecule has 1 fully saturated rings. The zero-order chi connectivity index (χ0) is 20.2. The van der Waals surface area contributed by atoms with Crippen LogP contribution in [0.5, 0.6) is 0 Å². The van der Waals surface area contributed by atoms with Crippen molar-refractivity contribution in [1.82, 2.24) is 10.3 Å². The van der Waals surface area contributed by atoms with Crippen molar-refractivity contribution in [2.75, 3.05) is 0 Å². The first kappa shape index (κ1) is 19.3. The van der Waals surface area contributed by atoms with Crippen molar-refractivity contribution in [2.45, 2.75) is 31.4 Å². The molecule has 0 spiro atoms. The van der Waals surface area contributed by atoms with Crippen LogP contribution in [0.2, 0.25) is 0 Å².